The molecule has 0 aliphatic heterocycles. The molecule has 2 atom stereocenters. The highest BCUT2D eigenvalue weighted by Crippen LogP contribution is 2.32. The van der Waals surface area contributed by atoms with Crippen molar-refractivity contribution in [1.29, 1.82) is 0 Å². The molecule has 3 rings (SSSR count). The maximum Gasteiger partial charge on any atom is 0.232 e. The molecule has 0 amide bonds. The predicted molar refractivity (Wildman–Crippen MR) is 69.1 cm³/mol. The van der Waals surface area contributed by atoms with Crippen LogP contribution in [0.25, 0.3) is 11.5 Å². The van der Waals surface area contributed by atoms with Gasteiger partial charge in [0.25, 0.3) is 0 Å². The second kappa shape index (κ2) is 5.54. The first kappa shape index (κ1) is 13.0. The standard InChI is InChI=1S/C13H16N4O3/c1-19-11-6-9(14-7-15-11)12-16-13(20-17-12)8-4-2-3-5-10(8)18/h6-8,10,18H,2-5H2,1H3. The maximum absolute atomic E-state index is 10.0. The molecule has 1 saturated carbocycles. The molecule has 0 aromatic carbocycles. The third-order valence-electron chi connectivity index (χ3n) is 3.57. The number of aromatic nitrogens is 4. The summed E-state index contributed by atoms with van der Waals surface area (Å²) in [6.07, 6.45) is 4.75. The number of aliphatic hydroxyl groups excluding tert-OH is 1. The van der Waals surface area contributed by atoms with Gasteiger partial charge in [0.05, 0.1) is 19.1 Å². The van der Waals surface area contributed by atoms with Gasteiger partial charge in [-0.15, -0.1) is 0 Å². The number of hydrogen-bond acceptors (Lipinski definition) is 7. The lowest BCUT2D eigenvalue weighted by atomic mass is 9.86. The molecule has 0 bridgehead atoms. The Balaban J connectivity index is 1.85. The van der Waals surface area contributed by atoms with Crippen molar-refractivity contribution in [3.8, 4) is 17.4 Å². The van der Waals surface area contributed by atoms with Gasteiger partial charge in [0.2, 0.25) is 17.6 Å². The molecular weight excluding hydrogens is 260 g/mol. The number of nitrogens with zero attached hydrogens (tertiary/aromatic N) is 4. The average molecular weight is 276 g/mol. The summed E-state index contributed by atoms with van der Waals surface area (Å²) in [6, 6.07) is 1.64. The van der Waals surface area contributed by atoms with Crippen LogP contribution in [0.1, 0.15) is 37.5 Å². The van der Waals surface area contributed by atoms with Crippen LogP contribution in [0, 0.1) is 0 Å². The lowest BCUT2D eigenvalue weighted by molar-refractivity contribution is 0.0908. The fourth-order valence-corrected chi connectivity index (χ4v) is 2.46. The first-order valence-corrected chi connectivity index (χ1v) is 6.66. The van der Waals surface area contributed by atoms with Crippen LogP contribution in [0.3, 0.4) is 0 Å². The maximum atomic E-state index is 10.0. The number of hydrogen-bond donors (Lipinski definition) is 1. The Morgan fingerprint density at radius 3 is 2.95 bits per heavy atom. The topological polar surface area (TPSA) is 94.2 Å². The molecule has 20 heavy (non-hydrogen) atoms. The zero-order valence-electron chi connectivity index (χ0n) is 11.2. The van der Waals surface area contributed by atoms with Crippen molar-refractivity contribution >= 4 is 0 Å². The lowest BCUT2D eigenvalue weighted by Gasteiger charge is -2.24. The SMILES string of the molecule is COc1cc(-c2noc(C3CCCCC3O)n2)ncn1. The van der Waals surface area contributed by atoms with E-state index in [2.05, 4.69) is 20.1 Å². The molecule has 2 aromatic rings. The molecule has 2 unspecified atom stereocenters. The third kappa shape index (κ3) is 2.49. The Hall–Kier alpha value is -2.02. The van der Waals surface area contributed by atoms with Gasteiger partial charge in [-0.05, 0) is 12.8 Å². The number of rotatable bonds is 3. The smallest absolute Gasteiger partial charge is 0.232 e. The Bertz CT molecular complexity index is 587. The third-order valence-corrected chi connectivity index (χ3v) is 3.57. The molecule has 7 heteroatoms. The summed E-state index contributed by atoms with van der Waals surface area (Å²) in [5.41, 5.74) is 0.539. The van der Waals surface area contributed by atoms with Crippen molar-refractivity contribution in [1.82, 2.24) is 20.1 Å². The minimum absolute atomic E-state index is 0.0752. The minimum atomic E-state index is -0.406. The van der Waals surface area contributed by atoms with E-state index < -0.39 is 6.10 Å². The van der Waals surface area contributed by atoms with E-state index in [-0.39, 0.29) is 5.92 Å². The number of methoxy groups -OCH3 is 1. The fraction of sp³-hybridized carbons (Fsp3) is 0.538. The summed E-state index contributed by atoms with van der Waals surface area (Å²) in [7, 11) is 1.53. The van der Waals surface area contributed by atoms with Gasteiger partial charge in [0.1, 0.15) is 12.0 Å². The Labute approximate surface area is 116 Å². The zero-order chi connectivity index (χ0) is 13.9. The van der Waals surface area contributed by atoms with Crippen LogP contribution in [-0.4, -0.2) is 38.4 Å². The molecule has 2 heterocycles. The van der Waals surface area contributed by atoms with E-state index in [9.17, 15) is 5.11 Å². The van der Waals surface area contributed by atoms with Crippen LogP contribution in [0.5, 0.6) is 5.88 Å². The minimum Gasteiger partial charge on any atom is -0.481 e. The summed E-state index contributed by atoms with van der Waals surface area (Å²) < 4.78 is 10.3. The fourth-order valence-electron chi connectivity index (χ4n) is 2.46. The second-order valence-electron chi connectivity index (χ2n) is 4.86. The second-order valence-corrected chi connectivity index (χ2v) is 4.86. The zero-order valence-corrected chi connectivity index (χ0v) is 11.2. The van der Waals surface area contributed by atoms with Gasteiger partial charge in [-0.3, -0.25) is 0 Å². The molecule has 1 fully saturated rings. The van der Waals surface area contributed by atoms with Crippen LogP contribution in [0.15, 0.2) is 16.9 Å². The highest BCUT2D eigenvalue weighted by molar-refractivity contribution is 5.49. The normalized spacial score (nSPS) is 22.7. The number of ether oxygens (including phenoxy) is 1. The molecule has 2 aromatic heterocycles. The molecule has 1 N–H and O–H groups in total. The van der Waals surface area contributed by atoms with Gasteiger partial charge in [-0.25, -0.2) is 9.97 Å². The van der Waals surface area contributed by atoms with E-state index in [1.165, 1.54) is 13.4 Å². The van der Waals surface area contributed by atoms with Gasteiger partial charge in [0.15, 0.2) is 0 Å². The van der Waals surface area contributed by atoms with E-state index in [0.29, 0.717) is 23.3 Å². The van der Waals surface area contributed by atoms with Gasteiger partial charge < -0.3 is 14.4 Å². The van der Waals surface area contributed by atoms with Crippen molar-refractivity contribution in [3.63, 3.8) is 0 Å². The summed E-state index contributed by atoms with van der Waals surface area (Å²) in [4.78, 5) is 12.4. The highest BCUT2D eigenvalue weighted by Gasteiger charge is 2.29. The van der Waals surface area contributed by atoms with Crippen LogP contribution in [-0.2, 0) is 0 Å². The van der Waals surface area contributed by atoms with E-state index >= 15 is 0 Å². The quantitative estimate of drug-likeness (QED) is 0.908. The highest BCUT2D eigenvalue weighted by atomic mass is 16.5. The van der Waals surface area contributed by atoms with Crippen molar-refractivity contribution in [2.75, 3.05) is 7.11 Å². The van der Waals surface area contributed by atoms with Crippen molar-refractivity contribution in [2.24, 2.45) is 0 Å². The molecular formula is C13H16N4O3. The Kier molecular flexibility index (Phi) is 3.60. The van der Waals surface area contributed by atoms with E-state index in [0.717, 1.165) is 25.7 Å². The van der Waals surface area contributed by atoms with Gasteiger partial charge in [-0.1, -0.05) is 18.0 Å². The van der Waals surface area contributed by atoms with Crippen molar-refractivity contribution in [2.45, 2.75) is 37.7 Å². The van der Waals surface area contributed by atoms with Gasteiger partial charge >= 0.3 is 0 Å². The molecule has 106 valence electrons. The van der Waals surface area contributed by atoms with Crippen LogP contribution in [0.4, 0.5) is 0 Å². The Morgan fingerprint density at radius 2 is 2.15 bits per heavy atom. The number of aliphatic hydroxyl groups is 1. The summed E-state index contributed by atoms with van der Waals surface area (Å²) in [5.74, 6) is 1.23. The van der Waals surface area contributed by atoms with Crippen LogP contribution >= 0.6 is 0 Å². The molecule has 1 aliphatic rings. The molecule has 7 nitrogen and oxygen atoms in total. The van der Waals surface area contributed by atoms with Gasteiger partial charge in [0, 0.05) is 6.07 Å². The monoisotopic (exact) mass is 276 g/mol. The van der Waals surface area contributed by atoms with Crippen molar-refractivity contribution < 1.29 is 14.4 Å². The first-order chi connectivity index (χ1) is 9.78. The predicted octanol–water partition coefficient (Wildman–Crippen LogP) is 1.55. The molecule has 1 aliphatic carbocycles. The van der Waals surface area contributed by atoms with Gasteiger partial charge in [-0.2, -0.15) is 4.98 Å². The first-order valence-electron chi connectivity index (χ1n) is 6.66. The molecule has 0 saturated heterocycles. The average Bonchev–Trinajstić information content (AvgIpc) is 2.97. The largest absolute Gasteiger partial charge is 0.481 e. The van der Waals surface area contributed by atoms with E-state index in [1.54, 1.807) is 6.07 Å². The van der Waals surface area contributed by atoms with E-state index in [1.807, 2.05) is 0 Å². The lowest BCUT2D eigenvalue weighted by Crippen LogP contribution is -2.22. The molecule has 0 radical (unpaired) electrons. The summed E-state index contributed by atoms with van der Waals surface area (Å²) in [5, 5.41) is 13.9. The summed E-state index contributed by atoms with van der Waals surface area (Å²) in [6.45, 7) is 0. The van der Waals surface area contributed by atoms with Crippen LogP contribution in [0.2, 0.25) is 0 Å². The molecule has 0 spiro atoms. The van der Waals surface area contributed by atoms with E-state index in [4.69, 9.17) is 9.26 Å². The van der Waals surface area contributed by atoms with Crippen molar-refractivity contribution in [3.05, 3.63) is 18.3 Å². The Morgan fingerprint density at radius 1 is 1.30 bits per heavy atom. The van der Waals surface area contributed by atoms with Crippen LogP contribution < -0.4 is 4.74 Å². The summed E-state index contributed by atoms with van der Waals surface area (Å²) >= 11 is 0.